The fourth-order valence-electron chi connectivity index (χ4n) is 1.45. The molecule has 7 heteroatoms. The first-order chi connectivity index (χ1) is 10.2. The SMILES string of the molecule is CCOC(=O)c1ccc(Nc2cc(Cl)ncn2)cc1.CO. The lowest BCUT2D eigenvalue weighted by Gasteiger charge is -2.06. The summed E-state index contributed by atoms with van der Waals surface area (Å²) in [6.45, 7) is 2.13. The van der Waals surface area contributed by atoms with Crippen molar-refractivity contribution in [3.63, 3.8) is 0 Å². The molecule has 0 saturated heterocycles. The van der Waals surface area contributed by atoms with Crippen LogP contribution in [0.25, 0.3) is 0 Å². The Hall–Kier alpha value is -2.18. The van der Waals surface area contributed by atoms with E-state index in [2.05, 4.69) is 15.3 Å². The van der Waals surface area contributed by atoms with E-state index in [1.807, 2.05) is 0 Å². The van der Waals surface area contributed by atoms with Gasteiger partial charge < -0.3 is 15.2 Å². The second-order valence-corrected chi connectivity index (χ2v) is 4.04. The van der Waals surface area contributed by atoms with Crippen molar-refractivity contribution in [2.75, 3.05) is 19.0 Å². The first-order valence-corrected chi connectivity index (χ1v) is 6.53. The van der Waals surface area contributed by atoms with Gasteiger partial charge in [-0.15, -0.1) is 0 Å². The van der Waals surface area contributed by atoms with Gasteiger partial charge in [0.2, 0.25) is 0 Å². The molecular formula is C14H16ClN3O3. The summed E-state index contributed by atoms with van der Waals surface area (Å²) in [5, 5.41) is 10.4. The van der Waals surface area contributed by atoms with Crippen molar-refractivity contribution >= 4 is 29.1 Å². The third kappa shape index (κ3) is 5.37. The van der Waals surface area contributed by atoms with Crippen LogP contribution in [0.1, 0.15) is 17.3 Å². The fraction of sp³-hybridized carbons (Fsp3) is 0.214. The van der Waals surface area contributed by atoms with Crippen LogP contribution in [0.5, 0.6) is 0 Å². The summed E-state index contributed by atoms with van der Waals surface area (Å²) >= 11 is 5.76. The summed E-state index contributed by atoms with van der Waals surface area (Å²) in [5.41, 5.74) is 1.30. The number of anilines is 2. The van der Waals surface area contributed by atoms with Crippen LogP contribution in [-0.2, 0) is 4.74 Å². The molecule has 112 valence electrons. The van der Waals surface area contributed by atoms with Crippen molar-refractivity contribution < 1.29 is 14.6 Å². The van der Waals surface area contributed by atoms with Gasteiger partial charge in [-0.05, 0) is 31.2 Å². The van der Waals surface area contributed by atoms with Gasteiger partial charge in [0.25, 0.3) is 0 Å². The summed E-state index contributed by atoms with van der Waals surface area (Å²) in [6.07, 6.45) is 1.37. The molecule has 0 radical (unpaired) electrons. The number of carbonyl (C=O) groups excluding carboxylic acids is 1. The van der Waals surface area contributed by atoms with Crippen molar-refractivity contribution in [1.82, 2.24) is 9.97 Å². The Labute approximate surface area is 127 Å². The zero-order valence-electron chi connectivity index (χ0n) is 11.7. The normalized spacial score (nSPS) is 9.33. The van der Waals surface area contributed by atoms with Crippen LogP contribution in [0, 0.1) is 0 Å². The average Bonchev–Trinajstić information content (AvgIpc) is 2.50. The molecule has 1 aromatic carbocycles. The van der Waals surface area contributed by atoms with Gasteiger partial charge in [0.1, 0.15) is 17.3 Å². The summed E-state index contributed by atoms with van der Waals surface area (Å²) in [5.74, 6) is 0.253. The Balaban J connectivity index is 0.00000106. The highest BCUT2D eigenvalue weighted by Gasteiger charge is 2.05. The molecule has 2 rings (SSSR count). The van der Waals surface area contributed by atoms with E-state index in [-0.39, 0.29) is 5.97 Å². The number of aliphatic hydroxyl groups excluding tert-OH is 1. The zero-order chi connectivity index (χ0) is 15.7. The van der Waals surface area contributed by atoms with Crippen LogP contribution in [0.2, 0.25) is 5.15 Å². The van der Waals surface area contributed by atoms with E-state index in [0.717, 1.165) is 12.8 Å². The second kappa shape index (κ2) is 8.89. The molecular weight excluding hydrogens is 294 g/mol. The van der Waals surface area contributed by atoms with Crippen LogP contribution in [0.3, 0.4) is 0 Å². The Kier molecular flexibility index (Phi) is 7.14. The molecule has 2 aromatic rings. The molecule has 0 saturated carbocycles. The number of aromatic nitrogens is 2. The minimum atomic E-state index is -0.334. The molecule has 6 nitrogen and oxygen atoms in total. The molecule has 0 aliphatic rings. The van der Waals surface area contributed by atoms with Crippen LogP contribution in [-0.4, -0.2) is 34.8 Å². The van der Waals surface area contributed by atoms with E-state index in [9.17, 15) is 4.79 Å². The molecule has 0 atom stereocenters. The number of aliphatic hydroxyl groups is 1. The van der Waals surface area contributed by atoms with E-state index in [1.54, 1.807) is 37.3 Å². The number of halogens is 1. The minimum absolute atomic E-state index is 0.334. The lowest BCUT2D eigenvalue weighted by molar-refractivity contribution is 0.0526. The van der Waals surface area contributed by atoms with Crippen LogP contribution in [0.4, 0.5) is 11.5 Å². The average molecular weight is 310 g/mol. The highest BCUT2D eigenvalue weighted by molar-refractivity contribution is 6.29. The van der Waals surface area contributed by atoms with Crippen LogP contribution in [0.15, 0.2) is 36.7 Å². The Bertz CT molecular complexity index is 576. The maximum Gasteiger partial charge on any atom is 0.338 e. The van der Waals surface area contributed by atoms with Gasteiger partial charge in [-0.1, -0.05) is 11.6 Å². The molecule has 21 heavy (non-hydrogen) atoms. The third-order valence-electron chi connectivity index (χ3n) is 2.30. The first-order valence-electron chi connectivity index (χ1n) is 6.15. The maximum absolute atomic E-state index is 11.5. The van der Waals surface area contributed by atoms with E-state index in [1.165, 1.54) is 6.33 Å². The number of esters is 1. The van der Waals surface area contributed by atoms with Gasteiger partial charge in [-0.2, -0.15) is 0 Å². The van der Waals surface area contributed by atoms with Gasteiger partial charge in [-0.3, -0.25) is 0 Å². The highest BCUT2D eigenvalue weighted by Crippen LogP contribution is 2.17. The molecule has 1 aromatic heterocycles. The van der Waals surface area contributed by atoms with Gasteiger partial charge in [-0.25, -0.2) is 14.8 Å². The van der Waals surface area contributed by atoms with E-state index >= 15 is 0 Å². The first kappa shape index (κ1) is 16.9. The Morgan fingerprint density at radius 3 is 2.52 bits per heavy atom. The van der Waals surface area contributed by atoms with E-state index in [4.69, 9.17) is 21.4 Å². The second-order valence-electron chi connectivity index (χ2n) is 3.65. The topological polar surface area (TPSA) is 84.3 Å². The standard InChI is InChI=1S/C13H12ClN3O2.CH4O/c1-2-19-13(18)9-3-5-10(6-4-9)17-12-7-11(14)15-8-16-12;1-2/h3-8H,2H2,1H3,(H,15,16,17);2H,1H3. The van der Waals surface area contributed by atoms with Crippen molar-refractivity contribution in [3.8, 4) is 0 Å². The monoisotopic (exact) mass is 309 g/mol. The van der Waals surface area contributed by atoms with Gasteiger partial charge in [0, 0.05) is 18.9 Å². The number of hydrogen-bond donors (Lipinski definition) is 2. The van der Waals surface area contributed by atoms with Crippen molar-refractivity contribution in [2.45, 2.75) is 6.92 Å². The molecule has 0 unspecified atom stereocenters. The number of hydrogen-bond acceptors (Lipinski definition) is 6. The molecule has 2 N–H and O–H groups in total. The lowest BCUT2D eigenvalue weighted by Crippen LogP contribution is -2.04. The molecule has 0 fully saturated rings. The highest BCUT2D eigenvalue weighted by atomic mass is 35.5. The van der Waals surface area contributed by atoms with Gasteiger partial charge in [0.05, 0.1) is 12.2 Å². The van der Waals surface area contributed by atoms with Gasteiger partial charge in [0.15, 0.2) is 0 Å². The molecule has 0 spiro atoms. The Morgan fingerprint density at radius 1 is 1.29 bits per heavy atom. The molecule has 0 aliphatic heterocycles. The third-order valence-corrected chi connectivity index (χ3v) is 2.51. The largest absolute Gasteiger partial charge is 0.462 e. The summed E-state index contributed by atoms with van der Waals surface area (Å²) in [6, 6.07) is 8.51. The zero-order valence-corrected chi connectivity index (χ0v) is 12.5. The number of nitrogens with zero attached hydrogens (tertiary/aromatic N) is 2. The number of carbonyl (C=O) groups is 1. The Morgan fingerprint density at radius 2 is 1.95 bits per heavy atom. The fourth-order valence-corrected chi connectivity index (χ4v) is 1.60. The maximum atomic E-state index is 11.5. The summed E-state index contributed by atoms with van der Waals surface area (Å²) in [7, 11) is 1.00. The number of nitrogens with one attached hydrogen (secondary N) is 1. The predicted molar refractivity (Wildman–Crippen MR) is 80.9 cm³/mol. The van der Waals surface area contributed by atoms with Crippen molar-refractivity contribution in [2.24, 2.45) is 0 Å². The number of benzene rings is 1. The quantitative estimate of drug-likeness (QED) is 0.667. The van der Waals surface area contributed by atoms with E-state index < -0.39 is 0 Å². The summed E-state index contributed by atoms with van der Waals surface area (Å²) < 4.78 is 4.90. The molecule has 0 amide bonds. The molecule has 0 bridgehead atoms. The lowest BCUT2D eigenvalue weighted by atomic mass is 10.2. The minimum Gasteiger partial charge on any atom is -0.462 e. The molecule has 0 aliphatic carbocycles. The predicted octanol–water partition coefficient (Wildman–Crippen LogP) is 2.66. The van der Waals surface area contributed by atoms with Crippen LogP contribution >= 0.6 is 11.6 Å². The summed E-state index contributed by atoms with van der Waals surface area (Å²) in [4.78, 5) is 19.3. The van der Waals surface area contributed by atoms with Gasteiger partial charge >= 0.3 is 5.97 Å². The van der Waals surface area contributed by atoms with Crippen molar-refractivity contribution in [1.29, 1.82) is 0 Å². The number of ether oxygens (including phenoxy) is 1. The van der Waals surface area contributed by atoms with Crippen molar-refractivity contribution in [3.05, 3.63) is 47.4 Å². The molecule has 1 heterocycles. The van der Waals surface area contributed by atoms with Crippen LogP contribution < -0.4 is 5.32 Å². The number of rotatable bonds is 4. The smallest absolute Gasteiger partial charge is 0.338 e. The van der Waals surface area contributed by atoms with E-state index in [0.29, 0.717) is 23.1 Å².